The van der Waals surface area contributed by atoms with Gasteiger partial charge in [0.25, 0.3) is 0 Å². The Bertz CT molecular complexity index is 459. The van der Waals surface area contributed by atoms with Gasteiger partial charge in [-0.05, 0) is 30.0 Å². The summed E-state index contributed by atoms with van der Waals surface area (Å²) in [4.78, 5) is 0. The van der Waals surface area contributed by atoms with E-state index in [0.29, 0.717) is 11.8 Å². The minimum absolute atomic E-state index is 0.0984. The van der Waals surface area contributed by atoms with Gasteiger partial charge in [-0.3, -0.25) is 0 Å². The third-order valence-electron chi connectivity index (χ3n) is 2.29. The van der Waals surface area contributed by atoms with E-state index in [9.17, 15) is 0 Å². The standard InChI is InChI=1S/C12H15N3O/c1-8(2)7-9-3-5-10(6-4-9)11-14-15-12(13)16-11/h3-6,8H,7H2,1-2H3,(H2,13,15). The fourth-order valence-electron chi connectivity index (χ4n) is 1.61. The number of rotatable bonds is 3. The zero-order valence-corrected chi connectivity index (χ0v) is 9.47. The van der Waals surface area contributed by atoms with Gasteiger partial charge < -0.3 is 10.2 Å². The first-order valence-corrected chi connectivity index (χ1v) is 5.33. The van der Waals surface area contributed by atoms with E-state index in [1.54, 1.807) is 0 Å². The molecule has 1 heterocycles. The average Bonchev–Trinajstić information content (AvgIpc) is 2.65. The maximum atomic E-state index is 5.37. The van der Waals surface area contributed by atoms with Crippen LogP contribution in [0.2, 0.25) is 0 Å². The number of hydrogen-bond donors (Lipinski definition) is 1. The molecule has 0 spiro atoms. The Morgan fingerprint density at radius 2 is 1.88 bits per heavy atom. The number of nitrogens with zero attached hydrogens (tertiary/aromatic N) is 2. The highest BCUT2D eigenvalue weighted by Crippen LogP contribution is 2.19. The number of nitrogen functional groups attached to an aromatic ring is 1. The first-order valence-electron chi connectivity index (χ1n) is 5.33. The van der Waals surface area contributed by atoms with Gasteiger partial charge in [0.05, 0.1) is 0 Å². The summed E-state index contributed by atoms with van der Waals surface area (Å²) < 4.78 is 5.15. The van der Waals surface area contributed by atoms with Crippen molar-refractivity contribution in [1.82, 2.24) is 10.2 Å². The predicted molar refractivity (Wildman–Crippen MR) is 62.7 cm³/mol. The highest BCUT2D eigenvalue weighted by molar-refractivity contribution is 5.53. The van der Waals surface area contributed by atoms with Gasteiger partial charge in [0, 0.05) is 5.56 Å². The van der Waals surface area contributed by atoms with E-state index in [-0.39, 0.29) is 6.01 Å². The number of benzene rings is 1. The highest BCUT2D eigenvalue weighted by atomic mass is 16.4. The topological polar surface area (TPSA) is 64.9 Å². The molecule has 0 aliphatic rings. The molecule has 4 heteroatoms. The molecule has 0 saturated heterocycles. The predicted octanol–water partition coefficient (Wildman–Crippen LogP) is 2.52. The van der Waals surface area contributed by atoms with Gasteiger partial charge in [0.1, 0.15) is 0 Å². The summed E-state index contributed by atoms with van der Waals surface area (Å²) in [5.41, 5.74) is 7.58. The van der Waals surface area contributed by atoms with Crippen molar-refractivity contribution >= 4 is 6.01 Å². The lowest BCUT2D eigenvalue weighted by atomic mass is 10.0. The van der Waals surface area contributed by atoms with Gasteiger partial charge in [-0.1, -0.05) is 31.1 Å². The summed E-state index contributed by atoms with van der Waals surface area (Å²) in [6.07, 6.45) is 1.08. The molecule has 0 bridgehead atoms. The molecule has 4 nitrogen and oxygen atoms in total. The van der Waals surface area contributed by atoms with Crippen molar-refractivity contribution in [1.29, 1.82) is 0 Å². The molecule has 16 heavy (non-hydrogen) atoms. The molecular formula is C12H15N3O. The molecule has 0 fully saturated rings. The van der Waals surface area contributed by atoms with Crippen molar-refractivity contribution in [3.8, 4) is 11.5 Å². The van der Waals surface area contributed by atoms with Crippen LogP contribution in [0.15, 0.2) is 28.7 Å². The van der Waals surface area contributed by atoms with Gasteiger partial charge in [-0.25, -0.2) is 0 Å². The van der Waals surface area contributed by atoms with E-state index in [4.69, 9.17) is 10.2 Å². The largest absolute Gasteiger partial charge is 0.404 e. The van der Waals surface area contributed by atoms with Crippen LogP contribution < -0.4 is 5.73 Å². The van der Waals surface area contributed by atoms with Gasteiger partial charge in [-0.2, -0.15) is 0 Å². The van der Waals surface area contributed by atoms with Crippen molar-refractivity contribution in [2.45, 2.75) is 20.3 Å². The van der Waals surface area contributed by atoms with Gasteiger partial charge >= 0.3 is 6.01 Å². The van der Waals surface area contributed by atoms with Crippen molar-refractivity contribution in [3.05, 3.63) is 29.8 Å². The summed E-state index contributed by atoms with van der Waals surface area (Å²) in [7, 11) is 0. The second kappa shape index (κ2) is 4.35. The molecule has 2 rings (SSSR count). The van der Waals surface area contributed by atoms with Crippen LogP contribution >= 0.6 is 0 Å². The minimum Gasteiger partial charge on any atom is -0.404 e. The first kappa shape index (κ1) is 10.7. The highest BCUT2D eigenvalue weighted by Gasteiger charge is 2.06. The molecule has 2 N–H and O–H groups in total. The van der Waals surface area contributed by atoms with Crippen molar-refractivity contribution in [2.24, 2.45) is 5.92 Å². The first-order chi connectivity index (χ1) is 7.65. The minimum atomic E-state index is 0.0984. The Morgan fingerprint density at radius 1 is 1.19 bits per heavy atom. The second-order valence-electron chi connectivity index (χ2n) is 4.24. The van der Waals surface area contributed by atoms with Gasteiger partial charge in [0.15, 0.2) is 0 Å². The molecule has 0 atom stereocenters. The normalized spacial score (nSPS) is 10.9. The zero-order valence-electron chi connectivity index (χ0n) is 9.47. The Kier molecular flexibility index (Phi) is 2.90. The average molecular weight is 217 g/mol. The van der Waals surface area contributed by atoms with Crippen LogP contribution in [0.1, 0.15) is 19.4 Å². The molecule has 0 saturated carbocycles. The van der Waals surface area contributed by atoms with Gasteiger partial charge in [-0.15, -0.1) is 5.10 Å². The Morgan fingerprint density at radius 3 is 2.38 bits per heavy atom. The maximum Gasteiger partial charge on any atom is 0.313 e. The molecule has 84 valence electrons. The summed E-state index contributed by atoms with van der Waals surface area (Å²) >= 11 is 0. The van der Waals surface area contributed by atoms with E-state index in [0.717, 1.165) is 12.0 Å². The third-order valence-corrected chi connectivity index (χ3v) is 2.29. The van der Waals surface area contributed by atoms with Crippen LogP contribution in [0.4, 0.5) is 6.01 Å². The van der Waals surface area contributed by atoms with Crippen molar-refractivity contribution < 1.29 is 4.42 Å². The molecule has 0 amide bonds. The zero-order chi connectivity index (χ0) is 11.5. The van der Waals surface area contributed by atoms with Crippen LogP contribution in [0.3, 0.4) is 0 Å². The van der Waals surface area contributed by atoms with E-state index in [2.05, 4.69) is 36.2 Å². The molecule has 0 aliphatic heterocycles. The van der Waals surface area contributed by atoms with Crippen LogP contribution in [-0.2, 0) is 6.42 Å². The SMILES string of the molecule is CC(C)Cc1ccc(-c2nnc(N)o2)cc1. The summed E-state index contributed by atoms with van der Waals surface area (Å²) in [5.74, 6) is 1.12. The quantitative estimate of drug-likeness (QED) is 0.857. The molecular weight excluding hydrogens is 202 g/mol. The van der Waals surface area contributed by atoms with Gasteiger partial charge in [0.2, 0.25) is 5.89 Å². The molecule has 1 aromatic heterocycles. The Labute approximate surface area is 94.5 Å². The lowest BCUT2D eigenvalue weighted by molar-refractivity contribution is 0.590. The van der Waals surface area contributed by atoms with Crippen LogP contribution in [0, 0.1) is 5.92 Å². The molecule has 2 aromatic rings. The van der Waals surface area contributed by atoms with Crippen LogP contribution in [0.5, 0.6) is 0 Å². The van der Waals surface area contributed by atoms with Crippen molar-refractivity contribution in [2.75, 3.05) is 5.73 Å². The lowest BCUT2D eigenvalue weighted by Crippen LogP contribution is -1.93. The number of hydrogen-bond acceptors (Lipinski definition) is 4. The van der Waals surface area contributed by atoms with E-state index < -0.39 is 0 Å². The van der Waals surface area contributed by atoms with E-state index in [1.165, 1.54) is 5.56 Å². The number of anilines is 1. The monoisotopic (exact) mass is 217 g/mol. The molecule has 0 aliphatic carbocycles. The fourth-order valence-corrected chi connectivity index (χ4v) is 1.61. The third kappa shape index (κ3) is 2.39. The van der Waals surface area contributed by atoms with Crippen LogP contribution in [-0.4, -0.2) is 10.2 Å². The molecule has 0 unspecified atom stereocenters. The molecule has 1 aromatic carbocycles. The Hall–Kier alpha value is -1.84. The second-order valence-corrected chi connectivity index (χ2v) is 4.24. The summed E-state index contributed by atoms with van der Waals surface area (Å²) in [5, 5.41) is 7.46. The van der Waals surface area contributed by atoms with Crippen molar-refractivity contribution in [3.63, 3.8) is 0 Å². The number of nitrogens with two attached hydrogens (primary N) is 1. The summed E-state index contributed by atoms with van der Waals surface area (Å²) in [6, 6.07) is 8.21. The smallest absolute Gasteiger partial charge is 0.313 e. The Balaban J connectivity index is 2.19. The maximum absolute atomic E-state index is 5.37. The lowest BCUT2D eigenvalue weighted by Gasteiger charge is -2.04. The van der Waals surface area contributed by atoms with E-state index >= 15 is 0 Å². The fraction of sp³-hybridized carbons (Fsp3) is 0.333. The van der Waals surface area contributed by atoms with E-state index in [1.807, 2.05) is 12.1 Å². The summed E-state index contributed by atoms with van der Waals surface area (Å²) in [6.45, 7) is 4.40. The van der Waals surface area contributed by atoms with Crippen LogP contribution in [0.25, 0.3) is 11.5 Å². The number of aromatic nitrogens is 2. The molecule has 0 radical (unpaired) electrons.